The Morgan fingerprint density at radius 1 is 1.47 bits per heavy atom. The predicted octanol–water partition coefficient (Wildman–Crippen LogP) is 2.06. The molecule has 0 saturated heterocycles. The number of nitrogens with two attached hydrogens (primary N) is 1. The van der Waals surface area contributed by atoms with E-state index in [4.69, 9.17) is 5.73 Å². The molecular formula is C14H22ClN3O. The van der Waals surface area contributed by atoms with Gasteiger partial charge in [0, 0.05) is 18.3 Å². The van der Waals surface area contributed by atoms with Crippen molar-refractivity contribution < 1.29 is 4.79 Å². The van der Waals surface area contributed by atoms with E-state index < -0.39 is 0 Å². The minimum Gasteiger partial charge on any atom is -0.346 e. The molecule has 2 rings (SSSR count). The normalized spacial score (nSPS) is 16.7. The monoisotopic (exact) mass is 283 g/mol. The minimum atomic E-state index is -0.110. The average Bonchev–Trinajstić information content (AvgIpc) is 2.89. The maximum atomic E-state index is 12.1. The smallest absolute Gasteiger partial charge is 0.270 e. The molecule has 0 bridgehead atoms. The van der Waals surface area contributed by atoms with Gasteiger partial charge in [-0.15, -0.1) is 12.4 Å². The molecule has 1 aliphatic rings. The molecule has 1 amide bonds. The highest BCUT2D eigenvalue weighted by atomic mass is 35.5. The SMILES string of the molecule is Cc1cccc(C(=O)NC(CN)C2CCCC2)n1.Cl. The van der Waals surface area contributed by atoms with Gasteiger partial charge in [0.05, 0.1) is 0 Å². The first-order chi connectivity index (χ1) is 8.70. The summed E-state index contributed by atoms with van der Waals surface area (Å²) in [5.41, 5.74) is 7.11. The lowest BCUT2D eigenvalue weighted by Gasteiger charge is -2.22. The maximum absolute atomic E-state index is 12.1. The molecule has 1 aromatic heterocycles. The first-order valence-electron chi connectivity index (χ1n) is 6.65. The highest BCUT2D eigenvalue weighted by Gasteiger charge is 2.25. The number of aromatic nitrogens is 1. The Balaban J connectivity index is 0.00000180. The van der Waals surface area contributed by atoms with Crippen molar-refractivity contribution in [1.29, 1.82) is 0 Å². The number of nitrogens with zero attached hydrogens (tertiary/aromatic N) is 1. The summed E-state index contributed by atoms with van der Waals surface area (Å²) in [7, 11) is 0. The van der Waals surface area contributed by atoms with Crippen LogP contribution in [0, 0.1) is 12.8 Å². The number of carbonyl (C=O) groups is 1. The van der Waals surface area contributed by atoms with E-state index in [0.29, 0.717) is 18.2 Å². The molecule has 5 heteroatoms. The lowest BCUT2D eigenvalue weighted by atomic mass is 9.98. The molecule has 1 aromatic rings. The predicted molar refractivity (Wildman–Crippen MR) is 78.5 cm³/mol. The van der Waals surface area contributed by atoms with Crippen LogP contribution >= 0.6 is 12.4 Å². The first kappa shape index (κ1) is 15.9. The van der Waals surface area contributed by atoms with E-state index in [1.807, 2.05) is 19.1 Å². The summed E-state index contributed by atoms with van der Waals surface area (Å²) in [5.74, 6) is 0.421. The molecule has 0 aromatic carbocycles. The molecule has 1 atom stereocenters. The molecule has 1 saturated carbocycles. The summed E-state index contributed by atoms with van der Waals surface area (Å²) in [4.78, 5) is 16.3. The fraction of sp³-hybridized carbons (Fsp3) is 0.571. The quantitative estimate of drug-likeness (QED) is 0.889. The van der Waals surface area contributed by atoms with E-state index in [0.717, 1.165) is 5.69 Å². The molecule has 3 N–H and O–H groups in total. The number of carbonyl (C=O) groups excluding carboxylic acids is 1. The van der Waals surface area contributed by atoms with Gasteiger partial charge >= 0.3 is 0 Å². The summed E-state index contributed by atoms with van der Waals surface area (Å²) in [5, 5.41) is 3.03. The van der Waals surface area contributed by atoms with Gasteiger partial charge in [-0.05, 0) is 37.8 Å². The van der Waals surface area contributed by atoms with Gasteiger partial charge in [-0.25, -0.2) is 4.98 Å². The van der Waals surface area contributed by atoms with Crippen LogP contribution in [0.25, 0.3) is 0 Å². The van der Waals surface area contributed by atoms with Crippen molar-refractivity contribution in [2.24, 2.45) is 11.7 Å². The number of pyridine rings is 1. The number of hydrogen-bond donors (Lipinski definition) is 2. The van der Waals surface area contributed by atoms with E-state index >= 15 is 0 Å². The fourth-order valence-corrected chi connectivity index (χ4v) is 2.64. The molecule has 19 heavy (non-hydrogen) atoms. The van der Waals surface area contributed by atoms with Crippen molar-refractivity contribution in [2.75, 3.05) is 6.54 Å². The Hall–Kier alpha value is -1.13. The summed E-state index contributed by atoms with van der Waals surface area (Å²) in [6.07, 6.45) is 4.84. The first-order valence-corrected chi connectivity index (χ1v) is 6.65. The Labute approximate surface area is 120 Å². The van der Waals surface area contributed by atoms with Crippen molar-refractivity contribution in [2.45, 2.75) is 38.6 Å². The van der Waals surface area contributed by atoms with E-state index in [2.05, 4.69) is 10.3 Å². The molecule has 0 spiro atoms. The zero-order valence-corrected chi connectivity index (χ0v) is 12.1. The molecule has 106 valence electrons. The summed E-state index contributed by atoms with van der Waals surface area (Å²) in [6, 6.07) is 5.56. The average molecular weight is 284 g/mol. The van der Waals surface area contributed by atoms with E-state index in [-0.39, 0.29) is 24.4 Å². The topological polar surface area (TPSA) is 68.0 Å². The van der Waals surface area contributed by atoms with E-state index in [1.165, 1.54) is 25.7 Å². The van der Waals surface area contributed by atoms with Gasteiger partial charge in [0.25, 0.3) is 5.91 Å². The Morgan fingerprint density at radius 3 is 2.74 bits per heavy atom. The molecule has 1 unspecified atom stereocenters. The van der Waals surface area contributed by atoms with Crippen LogP contribution in [0.15, 0.2) is 18.2 Å². The summed E-state index contributed by atoms with van der Waals surface area (Å²) < 4.78 is 0. The van der Waals surface area contributed by atoms with Crippen molar-refractivity contribution in [3.8, 4) is 0 Å². The summed E-state index contributed by atoms with van der Waals surface area (Å²) in [6.45, 7) is 2.39. The third kappa shape index (κ3) is 4.18. The largest absolute Gasteiger partial charge is 0.346 e. The van der Waals surface area contributed by atoms with Crippen LogP contribution in [0.4, 0.5) is 0 Å². The third-order valence-corrected chi connectivity index (χ3v) is 3.66. The molecule has 0 radical (unpaired) electrons. The number of nitrogens with one attached hydrogen (secondary N) is 1. The Morgan fingerprint density at radius 2 is 2.16 bits per heavy atom. The number of rotatable bonds is 4. The number of halogens is 1. The molecular weight excluding hydrogens is 262 g/mol. The van der Waals surface area contributed by atoms with E-state index in [1.54, 1.807) is 6.07 Å². The highest BCUT2D eigenvalue weighted by molar-refractivity contribution is 5.92. The van der Waals surface area contributed by atoms with E-state index in [9.17, 15) is 4.79 Å². The lowest BCUT2D eigenvalue weighted by Crippen LogP contribution is -2.44. The van der Waals surface area contributed by atoms with Gasteiger partial charge in [0.2, 0.25) is 0 Å². The van der Waals surface area contributed by atoms with Crippen molar-refractivity contribution >= 4 is 18.3 Å². The standard InChI is InChI=1S/C14H21N3O.ClH/c1-10-5-4-8-12(16-10)14(18)17-13(9-15)11-6-2-3-7-11;/h4-5,8,11,13H,2-3,6-7,9,15H2,1H3,(H,17,18);1H. The Bertz CT molecular complexity index is 419. The maximum Gasteiger partial charge on any atom is 0.270 e. The van der Waals surface area contributed by atoms with Gasteiger partial charge in [0.15, 0.2) is 0 Å². The molecule has 1 aliphatic carbocycles. The zero-order valence-electron chi connectivity index (χ0n) is 11.3. The number of aryl methyl sites for hydroxylation is 1. The summed E-state index contributed by atoms with van der Waals surface area (Å²) >= 11 is 0. The van der Waals surface area contributed by atoms with Crippen molar-refractivity contribution in [3.63, 3.8) is 0 Å². The van der Waals surface area contributed by atoms with Crippen LogP contribution in [0.1, 0.15) is 41.9 Å². The van der Waals surface area contributed by atoms with Crippen molar-refractivity contribution in [3.05, 3.63) is 29.6 Å². The zero-order chi connectivity index (χ0) is 13.0. The minimum absolute atomic E-state index is 0. The van der Waals surface area contributed by atoms with Gasteiger partial charge in [-0.2, -0.15) is 0 Å². The third-order valence-electron chi connectivity index (χ3n) is 3.66. The van der Waals surface area contributed by atoms with Crippen LogP contribution in [-0.2, 0) is 0 Å². The van der Waals surface area contributed by atoms with Gasteiger partial charge in [-0.1, -0.05) is 18.9 Å². The van der Waals surface area contributed by atoms with Gasteiger partial charge in [-0.3, -0.25) is 4.79 Å². The van der Waals surface area contributed by atoms with Gasteiger partial charge < -0.3 is 11.1 Å². The van der Waals surface area contributed by atoms with Crippen LogP contribution in [0.5, 0.6) is 0 Å². The van der Waals surface area contributed by atoms with Crippen LogP contribution in [0.2, 0.25) is 0 Å². The molecule has 0 aliphatic heterocycles. The van der Waals surface area contributed by atoms with Crippen LogP contribution in [-0.4, -0.2) is 23.5 Å². The molecule has 1 fully saturated rings. The second-order valence-electron chi connectivity index (χ2n) is 5.02. The fourth-order valence-electron chi connectivity index (χ4n) is 2.64. The van der Waals surface area contributed by atoms with Crippen LogP contribution < -0.4 is 11.1 Å². The van der Waals surface area contributed by atoms with Crippen molar-refractivity contribution in [1.82, 2.24) is 10.3 Å². The molecule has 4 nitrogen and oxygen atoms in total. The lowest BCUT2D eigenvalue weighted by molar-refractivity contribution is 0.0919. The Kier molecular flexibility index (Phi) is 6.25. The second kappa shape index (κ2) is 7.46. The second-order valence-corrected chi connectivity index (χ2v) is 5.02. The van der Waals surface area contributed by atoms with Gasteiger partial charge in [0.1, 0.15) is 5.69 Å². The molecule has 1 heterocycles. The number of amides is 1. The van der Waals surface area contributed by atoms with Crippen LogP contribution in [0.3, 0.4) is 0 Å². The highest BCUT2D eigenvalue weighted by Crippen LogP contribution is 2.27. The number of hydrogen-bond acceptors (Lipinski definition) is 3.